The Morgan fingerprint density at radius 1 is 1.00 bits per heavy atom. The van der Waals surface area contributed by atoms with Crippen molar-refractivity contribution in [2.75, 3.05) is 42.9 Å². The fraction of sp³-hybridized carbons (Fsp3) is 0.458. The summed E-state index contributed by atoms with van der Waals surface area (Å²) in [6.45, 7) is 12.9. The lowest BCUT2D eigenvalue weighted by Crippen LogP contribution is -3.15. The van der Waals surface area contributed by atoms with Crippen molar-refractivity contribution in [3.05, 3.63) is 58.6 Å². The van der Waals surface area contributed by atoms with Gasteiger partial charge in [0.2, 0.25) is 0 Å². The SMILES string of the molecule is CC(C)c1cccc(C(C)C)c1NC(=O)C[NH+]1CCN(c2ccccc2Cl)CC1. The minimum Gasteiger partial charge on any atom is -0.359 e. The Hall–Kier alpha value is -2.04. The molecule has 1 amide bonds. The average Bonchev–Trinajstić information content (AvgIpc) is 2.69. The van der Waals surface area contributed by atoms with Crippen LogP contribution in [0.4, 0.5) is 11.4 Å². The smallest absolute Gasteiger partial charge is 0.279 e. The van der Waals surface area contributed by atoms with E-state index in [2.05, 4.69) is 62.2 Å². The molecule has 1 fully saturated rings. The van der Waals surface area contributed by atoms with Crippen LogP contribution in [-0.4, -0.2) is 38.6 Å². The summed E-state index contributed by atoms with van der Waals surface area (Å²) in [6.07, 6.45) is 0. The molecule has 1 aliphatic heterocycles. The number of hydrogen-bond donors (Lipinski definition) is 2. The predicted octanol–water partition coefficient (Wildman–Crippen LogP) is 3.93. The number of hydrogen-bond acceptors (Lipinski definition) is 2. The van der Waals surface area contributed by atoms with E-state index in [1.165, 1.54) is 16.0 Å². The molecule has 0 radical (unpaired) electrons. The van der Waals surface area contributed by atoms with Crippen LogP contribution in [0.1, 0.15) is 50.7 Å². The summed E-state index contributed by atoms with van der Waals surface area (Å²) >= 11 is 6.34. The van der Waals surface area contributed by atoms with Gasteiger partial charge in [-0.1, -0.05) is 69.6 Å². The molecule has 0 atom stereocenters. The Kier molecular flexibility index (Phi) is 7.20. The first kappa shape index (κ1) is 21.7. The van der Waals surface area contributed by atoms with Gasteiger partial charge in [-0.05, 0) is 35.1 Å². The maximum atomic E-state index is 12.9. The second-order valence-electron chi connectivity index (χ2n) is 8.53. The van der Waals surface area contributed by atoms with Crippen LogP contribution >= 0.6 is 11.6 Å². The van der Waals surface area contributed by atoms with E-state index in [0.29, 0.717) is 18.4 Å². The molecule has 0 bridgehead atoms. The van der Waals surface area contributed by atoms with Crippen molar-refractivity contribution in [2.45, 2.75) is 39.5 Å². The molecule has 0 spiro atoms. The Morgan fingerprint density at radius 2 is 1.59 bits per heavy atom. The Morgan fingerprint density at radius 3 is 2.14 bits per heavy atom. The number of para-hydroxylation sites is 2. The van der Waals surface area contributed by atoms with Crippen molar-refractivity contribution in [3.8, 4) is 0 Å². The molecule has 0 unspecified atom stereocenters. The lowest BCUT2D eigenvalue weighted by molar-refractivity contribution is -0.892. The number of amides is 1. The highest BCUT2D eigenvalue weighted by Crippen LogP contribution is 2.32. The highest BCUT2D eigenvalue weighted by atomic mass is 35.5. The van der Waals surface area contributed by atoms with E-state index in [-0.39, 0.29) is 5.91 Å². The summed E-state index contributed by atoms with van der Waals surface area (Å²) in [5.41, 5.74) is 4.52. The van der Waals surface area contributed by atoms with Crippen LogP contribution in [0.25, 0.3) is 0 Å². The highest BCUT2D eigenvalue weighted by molar-refractivity contribution is 6.33. The van der Waals surface area contributed by atoms with Gasteiger partial charge in [0, 0.05) is 5.69 Å². The molecular formula is C24H33ClN3O+. The molecule has 5 heteroatoms. The molecule has 2 aromatic carbocycles. The topological polar surface area (TPSA) is 36.8 Å². The van der Waals surface area contributed by atoms with Crippen LogP contribution in [0.5, 0.6) is 0 Å². The van der Waals surface area contributed by atoms with Gasteiger partial charge in [-0.3, -0.25) is 4.79 Å². The molecule has 0 saturated carbocycles. The van der Waals surface area contributed by atoms with Gasteiger partial charge in [0.05, 0.1) is 36.9 Å². The molecule has 0 aliphatic carbocycles. The highest BCUT2D eigenvalue weighted by Gasteiger charge is 2.24. The first-order chi connectivity index (χ1) is 13.9. The van der Waals surface area contributed by atoms with Crippen molar-refractivity contribution in [3.63, 3.8) is 0 Å². The number of piperazine rings is 1. The van der Waals surface area contributed by atoms with Gasteiger partial charge in [0.1, 0.15) is 0 Å². The van der Waals surface area contributed by atoms with Gasteiger partial charge < -0.3 is 15.1 Å². The number of carbonyl (C=O) groups excluding carboxylic acids is 1. The van der Waals surface area contributed by atoms with Crippen molar-refractivity contribution in [1.29, 1.82) is 0 Å². The van der Waals surface area contributed by atoms with Crippen LogP contribution in [0.15, 0.2) is 42.5 Å². The Labute approximate surface area is 179 Å². The van der Waals surface area contributed by atoms with E-state index >= 15 is 0 Å². The summed E-state index contributed by atoms with van der Waals surface area (Å²) in [5.74, 6) is 0.840. The van der Waals surface area contributed by atoms with Gasteiger partial charge in [0.15, 0.2) is 6.54 Å². The minimum atomic E-state index is 0.0983. The second kappa shape index (κ2) is 9.64. The molecule has 29 heavy (non-hydrogen) atoms. The van der Waals surface area contributed by atoms with Gasteiger partial charge in [-0.15, -0.1) is 0 Å². The summed E-state index contributed by atoms with van der Waals surface area (Å²) in [7, 11) is 0. The third kappa shape index (κ3) is 5.31. The lowest BCUT2D eigenvalue weighted by Gasteiger charge is -2.33. The zero-order valence-corrected chi connectivity index (χ0v) is 18.7. The number of halogens is 1. The molecule has 156 valence electrons. The van der Waals surface area contributed by atoms with Crippen molar-refractivity contribution in [1.82, 2.24) is 0 Å². The van der Waals surface area contributed by atoms with E-state index in [4.69, 9.17) is 11.6 Å². The Bertz CT molecular complexity index is 816. The Balaban J connectivity index is 1.62. The average molecular weight is 415 g/mol. The lowest BCUT2D eigenvalue weighted by atomic mass is 9.92. The minimum absolute atomic E-state index is 0.0983. The molecule has 2 N–H and O–H groups in total. The van der Waals surface area contributed by atoms with E-state index in [1.54, 1.807) is 0 Å². The van der Waals surface area contributed by atoms with Gasteiger partial charge in [-0.2, -0.15) is 0 Å². The molecule has 2 aromatic rings. The van der Waals surface area contributed by atoms with Crippen molar-refractivity contribution < 1.29 is 9.69 Å². The van der Waals surface area contributed by atoms with Crippen molar-refractivity contribution >= 4 is 28.9 Å². The van der Waals surface area contributed by atoms with Gasteiger partial charge in [-0.25, -0.2) is 0 Å². The number of quaternary nitrogens is 1. The normalized spacial score (nSPS) is 15.2. The second-order valence-corrected chi connectivity index (χ2v) is 8.94. The van der Waals surface area contributed by atoms with E-state index < -0.39 is 0 Å². The molecule has 1 aliphatic rings. The number of anilines is 2. The van der Waals surface area contributed by atoms with Crippen LogP contribution in [-0.2, 0) is 4.79 Å². The number of rotatable bonds is 6. The molecule has 4 nitrogen and oxygen atoms in total. The quantitative estimate of drug-likeness (QED) is 0.751. The zero-order chi connectivity index (χ0) is 21.0. The van der Waals surface area contributed by atoms with Gasteiger partial charge in [0.25, 0.3) is 5.91 Å². The van der Waals surface area contributed by atoms with E-state index in [0.717, 1.165) is 42.6 Å². The standard InChI is InChI=1S/C24H32ClN3O/c1-17(2)19-8-7-9-20(18(3)4)24(19)26-23(29)16-27-12-14-28(15-13-27)22-11-6-5-10-21(22)25/h5-11,17-18H,12-16H2,1-4H3,(H,26,29)/p+1. The third-order valence-corrected chi connectivity index (χ3v) is 6.03. The maximum Gasteiger partial charge on any atom is 0.279 e. The third-order valence-electron chi connectivity index (χ3n) is 5.71. The van der Waals surface area contributed by atoms with Gasteiger partial charge >= 0.3 is 0 Å². The number of nitrogens with zero attached hydrogens (tertiary/aromatic N) is 1. The van der Waals surface area contributed by atoms with Crippen LogP contribution in [0, 0.1) is 0 Å². The van der Waals surface area contributed by atoms with Crippen LogP contribution < -0.4 is 15.1 Å². The first-order valence-electron chi connectivity index (χ1n) is 10.6. The molecule has 1 saturated heterocycles. The van der Waals surface area contributed by atoms with Crippen molar-refractivity contribution in [2.24, 2.45) is 0 Å². The van der Waals surface area contributed by atoms with Crippen LogP contribution in [0.2, 0.25) is 5.02 Å². The molecule has 0 aromatic heterocycles. The molecule has 3 rings (SSSR count). The number of nitrogens with one attached hydrogen (secondary N) is 2. The fourth-order valence-electron chi connectivity index (χ4n) is 4.05. The summed E-state index contributed by atoms with van der Waals surface area (Å²) in [6, 6.07) is 14.3. The summed E-state index contributed by atoms with van der Waals surface area (Å²) in [5, 5.41) is 4.04. The largest absolute Gasteiger partial charge is 0.359 e. The summed E-state index contributed by atoms with van der Waals surface area (Å²) in [4.78, 5) is 16.5. The molecular weight excluding hydrogens is 382 g/mol. The summed E-state index contributed by atoms with van der Waals surface area (Å²) < 4.78 is 0. The predicted molar refractivity (Wildman–Crippen MR) is 122 cm³/mol. The number of carbonyl (C=O) groups is 1. The van der Waals surface area contributed by atoms with E-state index in [9.17, 15) is 4.79 Å². The first-order valence-corrected chi connectivity index (χ1v) is 11.0. The monoisotopic (exact) mass is 414 g/mol. The maximum absolute atomic E-state index is 12.9. The number of benzene rings is 2. The van der Waals surface area contributed by atoms with Crippen LogP contribution in [0.3, 0.4) is 0 Å². The zero-order valence-electron chi connectivity index (χ0n) is 18.0. The molecule has 1 heterocycles. The fourth-order valence-corrected chi connectivity index (χ4v) is 4.31. The van der Waals surface area contributed by atoms with E-state index in [1.807, 2.05) is 18.2 Å².